The molecule has 16 N–H and O–H groups in total. The molecule has 2 aliphatic heterocycles. The van der Waals surface area contributed by atoms with Crippen molar-refractivity contribution in [1.82, 2.24) is 52.4 Å². The van der Waals surface area contributed by atoms with Crippen molar-refractivity contribution in [1.29, 1.82) is 0 Å². The van der Waals surface area contributed by atoms with Gasteiger partial charge in [-0.2, -0.15) is 0 Å². The molecule has 2 aromatic carbocycles. The smallest absolute Gasteiger partial charge is 0.320 e. The van der Waals surface area contributed by atoms with Crippen LogP contribution in [0, 0.1) is 0 Å². The van der Waals surface area contributed by atoms with Crippen molar-refractivity contribution in [3.8, 4) is 0 Å². The fourth-order valence-corrected chi connectivity index (χ4v) is 12.4. The molecule has 2 saturated heterocycles. The Labute approximate surface area is 583 Å². The highest BCUT2D eigenvalue weighted by Gasteiger charge is 2.45. The molecule has 9 amide bonds. The van der Waals surface area contributed by atoms with Crippen molar-refractivity contribution in [2.24, 2.45) is 22.2 Å². The lowest BCUT2D eigenvalue weighted by Crippen LogP contribution is -2.61. The van der Waals surface area contributed by atoms with Crippen molar-refractivity contribution in [3.63, 3.8) is 0 Å². The van der Waals surface area contributed by atoms with Crippen molar-refractivity contribution < 1.29 is 62.5 Å². The van der Waals surface area contributed by atoms with Gasteiger partial charge in [-0.3, -0.25) is 58.3 Å². The number of para-hydroxylation sites is 1. The highest BCUT2D eigenvalue weighted by molar-refractivity contribution is 5.98. The Morgan fingerprint density at radius 2 is 1.30 bits per heavy atom. The Hall–Kier alpha value is -8.17. The van der Waals surface area contributed by atoms with Crippen LogP contribution in [-0.2, 0) is 70.3 Å². The molecule has 0 saturated carbocycles. The van der Waals surface area contributed by atoms with E-state index in [9.17, 15) is 53.1 Å². The Balaban J connectivity index is 1.24. The van der Waals surface area contributed by atoms with E-state index in [1.54, 1.807) is 36.5 Å². The number of aliphatic hydroxyl groups is 1. The number of rotatable bonds is 39. The summed E-state index contributed by atoms with van der Waals surface area (Å²) < 4.78 is 11.0. The number of aromatic nitrogens is 1. The topological polar surface area (TPSA) is 415 Å². The number of carbonyl (C=O) groups is 10. The van der Waals surface area contributed by atoms with Gasteiger partial charge in [0.25, 0.3) is 0 Å². The van der Waals surface area contributed by atoms with E-state index >= 15 is 0 Å². The first-order valence-electron chi connectivity index (χ1n) is 36.3. The van der Waals surface area contributed by atoms with E-state index in [0.717, 1.165) is 35.1 Å². The number of H-pyrrole nitrogens is 1. The van der Waals surface area contributed by atoms with Gasteiger partial charge in [0.15, 0.2) is 5.96 Å². The molecule has 8 atom stereocenters. The van der Waals surface area contributed by atoms with Crippen LogP contribution in [0.4, 0.5) is 0 Å². The summed E-state index contributed by atoms with van der Waals surface area (Å²) >= 11 is 0. The average Bonchev–Trinajstić information content (AvgIpc) is 1.71. The zero-order valence-corrected chi connectivity index (χ0v) is 58.5. The molecule has 3 aromatic rings. The fourth-order valence-electron chi connectivity index (χ4n) is 12.4. The summed E-state index contributed by atoms with van der Waals surface area (Å²) in [7, 11) is 0. The lowest BCUT2D eigenvalue weighted by Gasteiger charge is -2.32. The first-order valence-corrected chi connectivity index (χ1v) is 36.3. The number of aliphatic imine (C=N–C) groups is 1. The number of amides is 9. The summed E-state index contributed by atoms with van der Waals surface area (Å²) in [5.74, 6) is -7.12. The summed E-state index contributed by atoms with van der Waals surface area (Å²) in [5, 5.41) is 34.7. The number of unbranched alkanes of at least 4 members (excludes halogenated alkanes) is 15. The third kappa shape index (κ3) is 31.3. The molecule has 27 heteroatoms. The molecule has 0 spiro atoms. The molecule has 0 radical (unpaired) electrons. The van der Waals surface area contributed by atoms with Gasteiger partial charge >= 0.3 is 5.97 Å². The number of nitrogens with two attached hydrogens (primary N) is 3. The highest BCUT2D eigenvalue weighted by Crippen LogP contribution is 2.24. The molecule has 99 heavy (non-hydrogen) atoms. The Morgan fingerprint density at radius 1 is 0.677 bits per heavy atom. The number of ether oxygens (including phenoxy) is 2. The maximum atomic E-state index is 15.0. The second-order valence-electron chi connectivity index (χ2n) is 26.1. The van der Waals surface area contributed by atoms with Crippen LogP contribution < -0.4 is 59.7 Å². The van der Waals surface area contributed by atoms with Gasteiger partial charge in [0.2, 0.25) is 53.2 Å². The van der Waals surface area contributed by atoms with E-state index in [4.69, 9.17) is 26.7 Å². The maximum Gasteiger partial charge on any atom is 0.320 e. The molecule has 0 aliphatic carbocycles. The van der Waals surface area contributed by atoms with E-state index in [-0.39, 0.29) is 116 Å². The van der Waals surface area contributed by atoms with E-state index in [2.05, 4.69) is 59.4 Å². The number of fused-ring (bicyclic) bond motifs is 2. The van der Waals surface area contributed by atoms with Crippen LogP contribution >= 0.6 is 0 Å². The first kappa shape index (κ1) is 81.5. The Kier molecular flexibility index (Phi) is 38.7. The molecular weight excluding hydrogens is 1270 g/mol. The summed E-state index contributed by atoms with van der Waals surface area (Å²) in [6.07, 6.45) is 20.8. The predicted octanol–water partition coefficient (Wildman–Crippen LogP) is 4.04. The lowest BCUT2D eigenvalue weighted by atomic mass is 10.0. The minimum Gasteiger partial charge on any atom is -0.462 e. The van der Waals surface area contributed by atoms with Gasteiger partial charge in [-0.15, -0.1) is 0 Å². The number of guanidine groups is 1. The standard InChI is InChI=1S/C72H114N14O13/c1-3-5-7-8-9-10-11-12-13-14-15-16-17-18-22-35-61(88)77-41-43-98-44-45-99-63(90)49-80-55(31-6-4-2)66(92)83-57-36-37-62(89)76-39-26-25-33-54(65(73)91)81-69(95)59(47-51-48-79-53-32-24-23-30-52(51)53)84-67(93)56(34-27-40-78-72(74)75)82-68(94)58(46-50-28-20-19-21-29-50)85-70(96)64-60(87)38-42-86(64)71(57)97/h19-21,23-24,28-30,32,48,54-60,64,79-80,87H,3-18,22,25-27,31,33-47,49H2,1-2H3,(H2,73,91)(H,76,89)(H,77,88)(H,81,95)(H,82,94)(H,83,92)(H,84,93)(H,85,96)(H4,74,75,78)/t54-,55-,56-,57-,58+,59-,60-,64-/m0/s1. The molecule has 5 rings (SSSR count). The van der Waals surface area contributed by atoms with Gasteiger partial charge < -0.3 is 78.9 Å². The molecule has 0 unspecified atom stereocenters. The SMILES string of the molecule is CCCCCCCCCCCCCCCCCC(=O)NCCOCCOC(=O)CN[C@@H](CCCC)C(=O)N[C@H]1CCC(=O)NCCCC[C@@H](C(N)=O)NC(=O)[C@H](Cc2c[nH]c3ccccc23)NC(=O)[C@H](CCCN=C(N)N)NC(=O)[C@@H](Cc2ccccc2)NC(=O)[C@@H]2[C@@H](O)CCN2C1=O. The number of esters is 1. The molecular formula is C72H114N14O13. The number of carbonyl (C=O) groups excluding carboxylic acids is 10. The van der Waals surface area contributed by atoms with Crippen LogP contribution in [0.25, 0.3) is 10.9 Å². The number of hydrogen-bond acceptors (Lipinski definition) is 15. The number of nitrogens with zero attached hydrogens (tertiary/aromatic N) is 2. The molecule has 3 heterocycles. The predicted molar refractivity (Wildman–Crippen MR) is 379 cm³/mol. The van der Waals surface area contributed by atoms with Gasteiger partial charge in [0.05, 0.1) is 31.9 Å². The normalized spacial score (nSPS) is 20.4. The fraction of sp³-hybridized carbons (Fsp3) is 0.653. The number of benzene rings is 2. The van der Waals surface area contributed by atoms with Gasteiger partial charge in [-0.05, 0) is 75.0 Å². The largest absolute Gasteiger partial charge is 0.462 e. The molecule has 2 aliphatic rings. The Bertz CT molecular complexity index is 3000. The lowest BCUT2D eigenvalue weighted by molar-refractivity contribution is -0.145. The molecule has 27 nitrogen and oxygen atoms in total. The first-order chi connectivity index (χ1) is 47.9. The molecule has 0 bridgehead atoms. The molecule has 2 fully saturated rings. The van der Waals surface area contributed by atoms with E-state index in [1.165, 1.54) is 77.0 Å². The number of primary amides is 1. The number of aliphatic hydroxyl groups excluding tert-OH is 1. The van der Waals surface area contributed by atoms with Crippen molar-refractivity contribution in [3.05, 3.63) is 71.9 Å². The van der Waals surface area contributed by atoms with Crippen LogP contribution in [0.15, 0.2) is 65.8 Å². The van der Waals surface area contributed by atoms with Crippen LogP contribution in [0.3, 0.4) is 0 Å². The van der Waals surface area contributed by atoms with Gasteiger partial charge in [0.1, 0.15) is 42.9 Å². The summed E-state index contributed by atoms with van der Waals surface area (Å²) in [6, 6.07) is 6.52. The van der Waals surface area contributed by atoms with Gasteiger partial charge in [-0.25, -0.2) is 0 Å². The van der Waals surface area contributed by atoms with Crippen molar-refractivity contribution >= 4 is 76.0 Å². The van der Waals surface area contributed by atoms with Crippen LogP contribution in [0.2, 0.25) is 0 Å². The quantitative estimate of drug-likeness (QED) is 0.0166. The second-order valence-corrected chi connectivity index (χ2v) is 26.1. The number of aromatic amines is 1. The van der Waals surface area contributed by atoms with Crippen LogP contribution in [-0.4, -0.2) is 181 Å². The molecule has 1 aromatic heterocycles. The van der Waals surface area contributed by atoms with Gasteiger partial charge in [0, 0.05) is 69.0 Å². The maximum absolute atomic E-state index is 15.0. The monoisotopic (exact) mass is 1380 g/mol. The third-order valence-electron chi connectivity index (χ3n) is 18.0. The second kappa shape index (κ2) is 47.0. The van der Waals surface area contributed by atoms with Crippen LogP contribution in [0.5, 0.6) is 0 Å². The average molecular weight is 1380 g/mol. The van der Waals surface area contributed by atoms with Gasteiger partial charge in [-0.1, -0.05) is 165 Å². The summed E-state index contributed by atoms with van der Waals surface area (Å²) in [4.78, 5) is 148. The number of hydrogen-bond donors (Lipinski definition) is 13. The number of nitrogens with one attached hydrogen (secondary N) is 9. The summed E-state index contributed by atoms with van der Waals surface area (Å²) in [6.45, 7) is 4.26. The van der Waals surface area contributed by atoms with E-state index in [0.29, 0.717) is 43.4 Å². The van der Waals surface area contributed by atoms with E-state index < -0.39 is 108 Å². The minimum absolute atomic E-state index is 0.0346. The molecule has 550 valence electrons. The minimum atomic E-state index is -1.60. The van der Waals surface area contributed by atoms with Crippen molar-refractivity contribution in [2.75, 3.05) is 52.5 Å². The van der Waals surface area contributed by atoms with Crippen LogP contribution in [0.1, 0.15) is 198 Å². The summed E-state index contributed by atoms with van der Waals surface area (Å²) in [5.41, 5.74) is 19.1. The third-order valence-corrected chi connectivity index (χ3v) is 18.0. The zero-order valence-electron chi connectivity index (χ0n) is 58.5. The highest BCUT2D eigenvalue weighted by atomic mass is 16.6. The van der Waals surface area contributed by atoms with E-state index in [1.807, 2.05) is 31.2 Å². The van der Waals surface area contributed by atoms with Crippen molar-refractivity contribution in [2.45, 2.75) is 248 Å². The Morgan fingerprint density at radius 3 is 1.99 bits per heavy atom. The zero-order chi connectivity index (χ0) is 71.6.